The zero-order valence-electron chi connectivity index (χ0n) is 15.9. The summed E-state index contributed by atoms with van der Waals surface area (Å²) in [6.07, 6.45) is 0.570. The number of carbonyl (C=O) groups is 1. The molecule has 0 unspecified atom stereocenters. The minimum Gasteiger partial charge on any atom is -0.354 e. The van der Waals surface area contributed by atoms with Crippen LogP contribution in [0.5, 0.6) is 0 Å². The van der Waals surface area contributed by atoms with Crippen LogP contribution >= 0.6 is 11.3 Å². The molecule has 0 aliphatic rings. The molecule has 10 heteroatoms. The molecule has 2 aromatic carbocycles. The van der Waals surface area contributed by atoms with Crippen LogP contribution in [0.3, 0.4) is 0 Å². The lowest BCUT2D eigenvalue weighted by Crippen LogP contribution is -2.29. The summed E-state index contributed by atoms with van der Waals surface area (Å²) in [4.78, 5) is 21.6. The summed E-state index contributed by atoms with van der Waals surface area (Å²) in [5.41, 5.74) is 5.05. The summed E-state index contributed by atoms with van der Waals surface area (Å²) in [6, 6.07) is 14.0. The Labute approximate surface area is 177 Å². The molecule has 0 aliphatic carbocycles. The topological polar surface area (TPSA) is 120 Å². The molecule has 0 atom stereocenters. The molecule has 0 bridgehead atoms. The summed E-state index contributed by atoms with van der Waals surface area (Å²) in [5, 5.41) is 9.91. The largest absolute Gasteiger partial charge is 0.354 e. The highest BCUT2D eigenvalue weighted by Crippen LogP contribution is 2.24. The van der Waals surface area contributed by atoms with E-state index in [2.05, 4.69) is 15.3 Å². The van der Waals surface area contributed by atoms with Gasteiger partial charge in [-0.2, -0.15) is 0 Å². The van der Waals surface area contributed by atoms with Crippen molar-refractivity contribution in [3.05, 3.63) is 65.0 Å². The van der Waals surface area contributed by atoms with Crippen molar-refractivity contribution in [2.45, 2.75) is 17.9 Å². The van der Waals surface area contributed by atoms with Gasteiger partial charge < -0.3 is 9.88 Å². The van der Waals surface area contributed by atoms with Crippen molar-refractivity contribution in [3.63, 3.8) is 0 Å². The molecule has 0 saturated carbocycles. The van der Waals surface area contributed by atoms with Crippen molar-refractivity contribution in [2.75, 3.05) is 6.54 Å². The third kappa shape index (κ3) is 4.40. The molecule has 30 heavy (non-hydrogen) atoms. The highest BCUT2D eigenvalue weighted by Gasteiger charge is 2.16. The summed E-state index contributed by atoms with van der Waals surface area (Å²) in [5.74, 6) is 0.516. The molecule has 0 radical (unpaired) electrons. The van der Waals surface area contributed by atoms with Crippen molar-refractivity contribution >= 4 is 38.3 Å². The first-order chi connectivity index (χ1) is 14.4. The van der Waals surface area contributed by atoms with E-state index in [-0.39, 0.29) is 17.3 Å². The van der Waals surface area contributed by atoms with Gasteiger partial charge in [0.2, 0.25) is 15.9 Å². The van der Waals surface area contributed by atoms with Crippen LogP contribution in [0.15, 0.2) is 64.3 Å². The number of hydrogen-bond acceptors (Lipinski definition) is 6. The van der Waals surface area contributed by atoms with Crippen molar-refractivity contribution in [1.29, 1.82) is 0 Å². The molecule has 1 amide bonds. The number of nitrogens with two attached hydrogens (primary N) is 1. The number of imidazole rings is 1. The van der Waals surface area contributed by atoms with E-state index >= 15 is 0 Å². The minimum absolute atomic E-state index is 0.0665. The Morgan fingerprint density at radius 3 is 2.60 bits per heavy atom. The van der Waals surface area contributed by atoms with Gasteiger partial charge in [-0.25, -0.2) is 23.5 Å². The Balaban J connectivity index is 1.43. The van der Waals surface area contributed by atoms with Crippen LogP contribution in [-0.4, -0.2) is 35.4 Å². The average molecular weight is 442 g/mol. The van der Waals surface area contributed by atoms with E-state index in [0.717, 1.165) is 22.3 Å². The number of thiazole rings is 1. The Kier molecular flexibility index (Phi) is 5.62. The Morgan fingerprint density at radius 1 is 1.13 bits per heavy atom. The molecule has 0 aliphatic heterocycles. The smallest absolute Gasteiger partial charge is 0.240 e. The molecule has 0 spiro atoms. The van der Waals surface area contributed by atoms with E-state index in [1.54, 1.807) is 17.6 Å². The maximum atomic E-state index is 12.6. The number of benzene rings is 2. The van der Waals surface area contributed by atoms with E-state index in [1.807, 2.05) is 34.2 Å². The minimum atomic E-state index is -3.71. The molecule has 2 heterocycles. The molecule has 3 N–H and O–H groups in total. The number of nitrogens with zero attached hydrogens (tertiary/aromatic N) is 3. The quantitative estimate of drug-likeness (QED) is 0.455. The number of aromatic nitrogens is 3. The maximum absolute atomic E-state index is 12.6. The Hall–Kier alpha value is -3.08. The van der Waals surface area contributed by atoms with E-state index in [1.165, 1.54) is 23.5 Å². The lowest BCUT2D eigenvalue weighted by atomic mass is 10.1. The second-order valence-electron chi connectivity index (χ2n) is 6.67. The van der Waals surface area contributed by atoms with E-state index in [4.69, 9.17) is 5.14 Å². The monoisotopic (exact) mass is 441 g/mol. The van der Waals surface area contributed by atoms with Gasteiger partial charge in [0.25, 0.3) is 0 Å². The summed E-state index contributed by atoms with van der Waals surface area (Å²) in [6.45, 7) is 0.546. The number of nitrogens with one attached hydrogen (secondary N) is 1. The van der Waals surface area contributed by atoms with Crippen LogP contribution in [0.2, 0.25) is 0 Å². The van der Waals surface area contributed by atoms with Crippen LogP contribution in [0, 0.1) is 0 Å². The van der Waals surface area contributed by atoms with E-state index in [9.17, 15) is 13.2 Å². The fraction of sp³-hybridized carbons (Fsp3) is 0.150. The first kappa shape index (κ1) is 20.2. The fourth-order valence-electron chi connectivity index (χ4n) is 3.15. The van der Waals surface area contributed by atoms with E-state index in [0.29, 0.717) is 18.8 Å². The number of fused-ring (bicyclic) bond motifs is 1. The molecule has 4 rings (SSSR count). The summed E-state index contributed by atoms with van der Waals surface area (Å²) >= 11 is 1.48. The average Bonchev–Trinajstić information content (AvgIpc) is 3.36. The first-order valence-corrected chi connectivity index (χ1v) is 11.6. The lowest BCUT2D eigenvalue weighted by molar-refractivity contribution is -0.121. The standard InChI is InChI=1S/C20H19N5O3S2/c21-30(27,28)15-7-5-14(6-8-15)9-10-22-19(26)11-25-18-4-2-1-3-16(18)24-20(25)17-12-29-13-23-17/h1-8,12-13H,9-11H2,(H,22,26)(H2,21,27,28). The van der Waals surface area contributed by atoms with Crippen LogP contribution in [-0.2, 0) is 27.8 Å². The van der Waals surface area contributed by atoms with Crippen LogP contribution in [0.25, 0.3) is 22.6 Å². The summed E-state index contributed by atoms with van der Waals surface area (Å²) < 4.78 is 24.5. The predicted octanol–water partition coefficient (Wildman–Crippen LogP) is 2.17. The predicted molar refractivity (Wildman–Crippen MR) is 115 cm³/mol. The molecule has 4 aromatic rings. The first-order valence-electron chi connectivity index (χ1n) is 9.14. The SMILES string of the molecule is NS(=O)(=O)c1ccc(CCNC(=O)Cn2c(-c3cscn3)nc3ccccc32)cc1. The second kappa shape index (κ2) is 8.34. The highest BCUT2D eigenvalue weighted by molar-refractivity contribution is 7.89. The van der Waals surface area contributed by atoms with Gasteiger partial charge in [-0.3, -0.25) is 4.79 Å². The van der Waals surface area contributed by atoms with Gasteiger partial charge in [0, 0.05) is 11.9 Å². The number of rotatable bonds is 7. The number of carbonyl (C=O) groups excluding carboxylic acids is 1. The number of primary sulfonamides is 1. The molecular formula is C20H19N5O3S2. The lowest BCUT2D eigenvalue weighted by Gasteiger charge is -2.09. The van der Waals surface area contributed by atoms with Crippen LogP contribution in [0.1, 0.15) is 5.56 Å². The van der Waals surface area contributed by atoms with Crippen molar-refractivity contribution < 1.29 is 13.2 Å². The molecule has 2 aromatic heterocycles. The highest BCUT2D eigenvalue weighted by atomic mass is 32.2. The fourth-order valence-corrected chi connectivity index (χ4v) is 4.19. The Bertz CT molecular complexity index is 1280. The van der Waals surface area contributed by atoms with Gasteiger partial charge in [0.15, 0.2) is 5.82 Å². The van der Waals surface area contributed by atoms with Gasteiger partial charge in [0.1, 0.15) is 12.2 Å². The van der Waals surface area contributed by atoms with Gasteiger partial charge in [-0.15, -0.1) is 11.3 Å². The van der Waals surface area contributed by atoms with Gasteiger partial charge >= 0.3 is 0 Å². The number of para-hydroxylation sites is 2. The third-order valence-electron chi connectivity index (χ3n) is 4.61. The number of sulfonamides is 1. The van der Waals surface area contributed by atoms with Crippen LogP contribution < -0.4 is 10.5 Å². The van der Waals surface area contributed by atoms with E-state index < -0.39 is 10.0 Å². The molecular weight excluding hydrogens is 422 g/mol. The molecule has 8 nitrogen and oxygen atoms in total. The van der Waals surface area contributed by atoms with Crippen molar-refractivity contribution in [3.8, 4) is 11.5 Å². The zero-order valence-corrected chi connectivity index (χ0v) is 17.5. The zero-order chi connectivity index (χ0) is 21.1. The number of hydrogen-bond donors (Lipinski definition) is 2. The molecule has 0 fully saturated rings. The molecule has 154 valence electrons. The van der Waals surface area contributed by atoms with Gasteiger partial charge in [0.05, 0.1) is 21.4 Å². The van der Waals surface area contributed by atoms with Crippen LogP contribution in [0.4, 0.5) is 0 Å². The summed E-state index contributed by atoms with van der Waals surface area (Å²) in [7, 11) is -3.71. The maximum Gasteiger partial charge on any atom is 0.240 e. The third-order valence-corrected chi connectivity index (χ3v) is 6.12. The normalized spacial score (nSPS) is 11.6. The van der Waals surface area contributed by atoms with Crippen molar-refractivity contribution in [1.82, 2.24) is 19.9 Å². The van der Waals surface area contributed by atoms with Gasteiger partial charge in [-0.05, 0) is 36.2 Å². The van der Waals surface area contributed by atoms with Crippen molar-refractivity contribution in [2.24, 2.45) is 5.14 Å². The Morgan fingerprint density at radius 2 is 1.90 bits per heavy atom. The second-order valence-corrected chi connectivity index (χ2v) is 8.95. The van der Waals surface area contributed by atoms with Gasteiger partial charge in [-0.1, -0.05) is 24.3 Å². The molecule has 0 saturated heterocycles. The number of amides is 1.